The lowest BCUT2D eigenvalue weighted by Crippen LogP contribution is -2.19. The molecule has 1 aliphatic carbocycles. The molecule has 0 spiro atoms. The second-order valence-corrected chi connectivity index (χ2v) is 8.99. The topological polar surface area (TPSA) is 53.2 Å². The molecule has 1 heterocycles. The van der Waals surface area contributed by atoms with E-state index in [0.717, 1.165) is 33.3 Å². The molecule has 0 radical (unpaired) electrons. The highest BCUT2D eigenvalue weighted by molar-refractivity contribution is 6.55. The van der Waals surface area contributed by atoms with Crippen molar-refractivity contribution in [1.82, 2.24) is 4.57 Å². The summed E-state index contributed by atoms with van der Waals surface area (Å²) < 4.78 is 2.33. The summed E-state index contributed by atoms with van der Waals surface area (Å²) in [6, 6.07) is 37.8. The Balaban J connectivity index is 1.47. The Morgan fingerprint density at radius 2 is 1.31 bits per heavy atom. The van der Waals surface area contributed by atoms with Crippen molar-refractivity contribution in [2.24, 2.45) is 5.10 Å². The monoisotopic (exact) mass is 462 g/mol. The lowest BCUT2D eigenvalue weighted by Gasteiger charge is -2.18. The van der Waals surface area contributed by atoms with Crippen LogP contribution in [0.2, 0.25) is 0 Å². The zero-order chi connectivity index (χ0) is 24.1. The van der Waals surface area contributed by atoms with Gasteiger partial charge < -0.3 is 4.57 Å². The van der Waals surface area contributed by atoms with Gasteiger partial charge in [-0.3, -0.25) is 10.8 Å². The lowest BCUT2D eigenvalue weighted by atomic mass is 9.89. The Kier molecular flexibility index (Phi) is 4.57. The van der Waals surface area contributed by atoms with Gasteiger partial charge in [0.2, 0.25) is 0 Å². The van der Waals surface area contributed by atoms with Gasteiger partial charge in [-0.1, -0.05) is 78.9 Å². The number of nitrogens with zero attached hydrogens (tertiary/aromatic N) is 2. The molecule has 0 bridgehead atoms. The highest BCUT2D eigenvalue weighted by atomic mass is 15.3. The van der Waals surface area contributed by atoms with E-state index in [2.05, 4.69) is 88.9 Å². The van der Waals surface area contributed by atoms with Gasteiger partial charge in [-0.25, -0.2) is 0 Å². The van der Waals surface area contributed by atoms with Gasteiger partial charge in [-0.15, -0.1) is 0 Å². The van der Waals surface area contributed by atoms with Crippen LogP contribution in [-0.2, 0) is 0 Å². The molecule has 6 aromatic rings. The van der Waals surface area contributed by atoms with Crippen LogP contribution < -0.4 is 5.43 Å². The molecule has 2 N–H and O–H groups in total. The molecule has 0 atom stereocenters. The maximum atomic E-state index is 8.66. The molecular formula is C32H22N4. The molecule has 0 amide bonds. The second-order valence-electron chi connectivity index (χ2n) is 8.99. The van der Waals surface area contributed by atoms with Crippen molar-refractivity contribution >= 4 is 55.8 Å². The predicted molar refractivity (Wildman–Crippen MR) is 152 cm³/mol. The minimum Gasteiger partial charge on any atom is -0.309 e. The quantitative estimate of drug-likeness (QED) is 0.259. The van der Waals surface area contributed by atoms with Crippen molar-refractivity contribution < 1.29 is 0 Å². The normalized spacial score (nSPS) is 14.1. The Morgan fingerprint density at radius 1 is 0.639 bits per heavy atom. The van der Waals surface area contributed by atoms with E-state index in [9.17, 15) is 0 Å². The minimum atomic E-state index is 0.390. The predicted octanol–water partition coefficient (Wildman–Crippen LogP) is 7.80. The number of rotatable bonds is 3. The van der Waals surface area contributed by atoms with Crippen LogP contribution in [0, 0.1) is 5.41 Å². The van der Waals surface area contributed by atoms with E-state index in [4.69, 9.17) is 10.5 Å². The molecule has 4 heteroatoms. The summed E-state index contributed by atoms with van der Waals surface area (Å²) in [5.74, 6) is 0. The molecule has 4 nitrogen and oxygen atoms in total. The van der Waals surface area contributed by atoms with Gasteiger partial charge in [0.15, 0.2) is 0 Å². The molecule has 170 valence electrons. The van der Waals surface area contributed by atoms with Gasteiger partial charge >= 0.3 is 0 Å². The number of benzene rings is 5. The summed E-state index contributed by atoms with van der Waals surface area (Å²) in [6.45, 7) is 0. The number of anilines is 1. The van der Waals surface area contributed by atoms with Crippen molar-refractivity contribution in [3.8, 4) is 5.69 Å². The molecule has 0 fully saturated rings. The molecule has 0 aliphatic heterocycles. The molecule has 1 aliphatic rings. The van der Waals surface area contributed by atoms with Crippen LogP contribution in [-0.4, -0.2) is 16.0 Å². The summed E-state index contributed by atoms with van der Waals surface area (Å²) in [7, 11) is 0. The highest BCUT2D eigenvalue weighted by Crippen LogP contribution is 2.34. The van der Waals surface area contributed by atoms with Crippen LogP contribution >= 0.6 is 0 Å². The number of hydrogen-bond donors (Lipinski definition) is 2. The maximum Gasteiger partial charge on any atom is 0.117 e. The fourth-order valence-corrected chi connectivity index (χ4v) is 5.20. The molecule has 0 saturated heterocycles. The number of para-hydroxylation sites is 3. The molecule has 0 unspecified atom stereocenters. The standard InChI is InChI=1S/C32H22N4/c33-28-19-17-22-15-14-21-16-18-24(20-27(21)31(22)32(28)35-34-23-8-2-1-3-9-23)36-29-12-6-4-10-25(29)26-11-5-7-13-30(26)36/h1-20,33-34H/b33-28?,35-32+. The Hall–Kier alpha value is -4.96. The number of aromatic nitrogens is 1. The van der Waals surface area contributed by atoms with Crippen molar-refractivity contribution in [3.63, 3.8) is 0 Å². The summed E-state index contributed by atoms with van der Waals surface area (Å²) >= 11 is 0. The SMILES string of the molecule is N=C1C=Cc2ccc3ccc(-n4c5ccccc5c5ccccc54)cc3c2/C1=N/Nc1ccccc1. The fraction of sp³-hybridized carbons (Fsp3) is 0. The number of allylic oxidation sites excluding steroid dienone is 1. The first kappa shape index (κ1) is 20.4. The van der Waals surface area contributed by atoms with E-state index in [0.29, 0.717) is 11.4 Å². The third-order valence-electron chi connectivity index (χ3n) is 6.87. The van der Waals surface area contributed by atoms with E-state index in [1.807, 2.05) is 42.5 Å². The third-order valence-corrected chi connectivity index (χ3v) is 6.87. The summed E-state index contributed by atoms with van der Waals surface area (Å²) in [5, 5.41) is 18.0. The highest BCUT2D eigenvalue weighted by Gasteiger charge is 2.21. The smallest absolute Gasteiger partial charge is 0.117 e. The molecule has 36 heavy (non-hydrogen) atoms. The second kappa shape index (κ2) is 8.07. The number of hydrogen-bond acceptors (Lipinski definition) is 3. The summed E-state index contributed by atoms with van der Waals surface area (Å²) in [4.78, 5) is 0. The molecule has 0 saturated carbocycles. The average Bonchev–Trinajstić information content (AvgIpc) is 3.27. The molecule has 7 rings (SSSR count). The lowest BCUT2D eigenvalue weighted by molar-refractivity contribution is 1.19. The van der Waals surface area contributed by atoms with E-state index in [-0.39, 0.29) is 0 Å². The fourth-order valence-electron chi connectivity index (χ4n) is 5.20. The Labute approximate surface area is 208 Å². The largest absolute Gasteiger partial charge is 0.309 e. The van der Waals surface area contributed by atoms with Crippen LogP contribution in [0.5, 0.6) is 0 Å². The zero-order valence-electron chi connectivity index (χ0n) is 19.4. The van der Waals surface area contributed by atoms with Crippen LogP contribution in [0.15, 0.2) is 120 Å². The van der Waals surface area contributed by atoms with Crippen molar-refractivity contribution in [2.75, 3.05) is 5.43 Å². The first-order chi connectivity index (χ1) is 17.8. The van der Waals surface area contributed by atoms with E-state index >= 15 is 0 Å². The average molecular weight is 463 g/mol. The van der Waals surface area contributed by atoms with Crippen LogP contribution in [0.25, 0.3) is 44.3 Å². The van der Waals surface area contributed by atoms with Crippen molar-refractivity contribution in [1.29, 1.82) is 5.41 Å². The van der Waals surface area contributed by atoms with Crippen LogP contribution in [0.1, 0.15) is 11.1 Å². The van der Waals surface area contributed by atoms with E-state index < -0.39 is 0 Å². The molecular weight excluding hydrogens is 440 g/mol. The number of hydrazone groups is 1. The van der Waals surface area contributed by atoms with Gasteiger partial charge in [0.05, 0.1) is 22.4 Å². The van der Waals surface area contributed by atoms with E-state index in [1.54, 1.807) is 0 Å². The summed E-state index contributed by atoms with van der Waals surface area (Å²) in [6.07, 6.45) is 3.82. The van der Waals surface area contributed by atoms with Crippen LogP contribution in [0.3, 0.4) is 0 Å². The van der Waals surface area contributed by atoms with Gasteiger partial charge in [0.25, 0.3) is 0 Å². The maximum absolute atomic E-state index is 8.66. The Bertz CT molecular complexity index is 1820. The zero-order valence-corrected chi connectivity index (χ0v) is 19.4. The van der Waals surface area contributed by atoms with Gasteiger partial charge in [-0.2, -0.15) is 5.10 Å². The number of nitrogens with one attached hydrogen (secondary N) is 2. The molecule has 1 aromatic heterocycles. The minimum absolute atomic E-state index is 0.390. The first-order valence-electron chi connectivity index (χ1n) is 12.0. The van der Waals surface area contributed by atoms with Crippen molar-refractivity contribution in [3.05, 3.63) is 126 Å². The van der Waals surface area contributed by atoms with Crippen LogP contribution in [0.4, 0.5) is 5.69 Å². The third kappa shape index (κ3) is 3.16. The van der Waals surface area contributed by atoms with Gasteiger partial charge in [-0.05, 0) is 58.8 Å². The van der Waals surface area contributed by atoms with E-state index in [1.165, 1.54) is 21.8 Å². The Morgan fingerprint density at radius 3 is 2.06 bits per heavy atom. The summed E-state index contributed by atoms with van der Waals surface area (Å²) in [5.41, 5.74) is 10.5. The van der Waals surface area contributed by atoms with Gasteiger partial charge in [0.1, 0.15) is 5.71 Å². The van der Waals surface area contributed by atoms with Gasteiger partial charge in [0, 0.05) is 22.0 Å². The molecule has 5 aromatic carbocycles. The van der Waals surface area contributed by atoms with Crippen molar-refractivity contribution in [2.45, 2.75) is 0 Å². The number of fused-ring (bicyclic) bond motifs is 6. The first-order valence-corrected chi connectivity index (χ1v) is 12.0.